The Morgan fingerprint density at radius 2 is 1.81 bits per heavy atom. The number of hydrogen-bond acceptors (Lipinski definition) is 3. The van der Waals surface area contributed by atoms with Crippen LogP contribution in [0.2, 0.25) is 10.2 Å². The van der Waals surface area contributed by atoms with Gasteiger partial charge in [0.25, 0.3) is 5.91 Å². The summed E-state index contributed by atoms with van der Waals surface area (Å²) in [5.74, 6) is -1.89. The first-order valence-corrected chi connectivity index (χ1v) is 10.5. The molecule has 0 aliphatic rings. The maximum absolute atomic E-state index is 13.3. The number of carboxylic acid groups (broad SMARTS) is 1. The van der Waals surface area contributed by atoms with Crippen molar-refractivity contribution in [1.29, 1.82) is 0 Å². The molecule has 0 aliphatic heterocycles. The molecule has 0 radical (unpaired) electrons. The number of aryl methyl sites for hydroxylation is 1. The summed E-state index contributed by atoms with van der Waals surface area (Å²) in [6.07, 6.45) is 2.05. The van der Waals surface area contributed by atoms with Gasteiger partial charge in [0.1, 0.15) is 5.15 Å². The largest absolute Gasteiger partial charge is 0.481 e. The molecule has 1 N–H and O–H groups in total. The van der Waals surface area contributed by atoms with E-state index in [-0.39, 0.29) is 5.91 Å². The minimum absolute atomic E-state index is 0.273. The highest BCUT2D eigenvalue weighted by molar-refractivity contribution is 6.33. The number of aromatic nitrogens is 1. The molecule has 2 aromatic carbocycles. The predicted octanol–water partition coefficient (Wildman–Crippen LogP) is 6.22. The van der Waals surface area contributed by atoms with E-state index in [1.807, 2.05) is 13.8 Å². The number of carbonyl (C=O) groups is 2. The number of anilines is 1. The summed E-state index contributed by atoms with van der Waals surface area (Å²) in [6, 6.07) is 13.8. The SMILES string of the molecule is CCC(C(=O)O)c1ccccc1N(C)C(=O)c1ccc(Cl)c(-c2cnc(Cl)cc2C)c1. The van der Waals surface area contributed by atoms with Gasteiger partial charge >= 0.3 is 5.97 Å². The van der Waals surface area contributed by atoms with Crippen LogP contribution in [0.5, 0.6) is 0 Å². The number of pyridine rings is 1. The van der Waals surface area contributed by atoms with Crippen molar-refractivity contribution >= 4 is 40.8 Å². The van der Waals surface area contributed by atoms with Gasteiger partial charge in [-0.15, -0.1) is 0 Å². The summed E-state index contributed by atoms with van der Waals surface area (Å²) in [6.45, 7) is 3.71. The molecule has 31 heavy (non-hydrogen) atoms. The van der Waals surface area contributed by atoms with Crippen molar-refractivity contribution in [3.05, 3.63) is 81.6 Å². The topological polar surface area (TPSA) is 70.5 Å². The maximum atomic E-state index is 13.3. The van der Waals surface area contributed by atoms with E-state index in [0.29, 0.717) is 39.0 Å². The lowest BCUT2D eigenvalue weighted by Crippen LogP contribution is -2.28. The first-order chi connectivity index (χ1) is 14.7. The van der Waals surface area contributed by atoms with Crippen LogP contribution in [0.4, 0.5) is 5.69 Å². The fraction of sp³-hybridized carbons (Fsp3) is 0.208. The first kappa shape index (κ1) is 22.8. The summed E-state index contributed by atoms with van der Waals surface area (Å²) < 4.78 is 0. The third kappa shape index (κ3) is 4.73. The first-order valence-electron chi connectivity index (χ1n) is 9.76. The average molecular weight is 457 g/mol. The van der Waals surface area contributed by atoms with Crippen LogP contribution in [0.1, 0.15) is 40.7 Å². The molecule has 1 aromatic heterocycles. The molecule has 1 heterocycles. The number of aliphatic carboxylic acids is 1. The third-order valence-corrected chi connectivity index (χ3v) is 5.80. The molecule has 0 fully saturated rings. The summed E-state index contributed by atoms with van der Waals surface area (Å²) in [5.41, 5.74) is 3.92. The predicted molar refractivity (Wildman–Crippen MR) is 124 cm³/mol. The van der Waals surface area contributed by atoms with Gasteiger partial charge in [0, 0.05) is 40.6 Å². The van der Waals surface area contributed by atoms with Gasteiger partial charge in [-0.2, -0.15) is 0 Å². The van der Waals surface area contributed by atoms with Crippen LogP contribution in [-0.4, -0.2) is 29.0 Å². The van der Waals surface area contributed by atoms with E-state index in [2.05, 4.69) is 4.98 Å². The zero-order chi connectivity index (χ0) is 22.7. The van der Waals surface area contributed by atoms with Gasteiger partial charge in [0.15, 0.2) is 0 Å². The van der Waals surface area contributed by atoms with E-state index >= 15 is 0 Å². The van der Waals surface area contributed by atoms with Crippen molar-refractivity contribution < 1.29 is 14.7 Å². The third-order valence-electron chi connectivity index (χ3n) is 5.27. The minimum atomic E-state index is -0.921. The molecule has 1 amide bonds. The number of rotatable bonds is 6. The molecule has 1 atom stereocenters. The number of benzene rings is 2. The fourth-order valence-electron chi connectivity index (χ4n) is 3.59. The fourth-order valence-corrected chi connectivity index (χ4v) is 4.02. The monoisotopic (exact) mass is 456 g/mol. The molecule has 0 bridgehead atoms. The highest BCUT2D eigenvalue weighted by atomic mass is 35.5. The van der Waals surface area contributed by atoms with Crippen molar-refractivity contribution in [3.63, 3.8) is 0 Å². The van der Waals surface area contributed by atoms with Crippen LogP contribution in [-0.2, 0) is 4.79 Å². The molecule has 0 spiro atoms. The van der Waals surface area contributed by atoms with Crippen molar-refractivity contribution in [1.82, 2.24) is 4.98 Å². The minimum Gasteiger partial charge on any atom is -0.481 e. The quantitative estimate of drug-likeness (QED) is 0.446. The average Bonchev–Trinajstić information content (AvgIpc) is 2.74. The number of hydrogen-bond donors (Lipinski definition) is 1. The Labute approximate surface area is 191 Å². The van der Waals surface area contributed by atoms with Crippen molar-refractivity contribution in [2.24, 2.45) is 0 Å². The van der Waals surface area contributed by atoms with Crippen LogP contribution in [0, 0.1) is 6.92 Å². The number of halogens is 2. The Morgan fingerprint density at radius 1 is 1.10 bits per heavy atom. The number of para-hydroxylation sites is 1. The van der Waals surface area contributed by atoms with Gasteiger partial charge < -0.3 is 10.0 Å². The Bertz CT molecular complexity index is 1150. The zero-order valence-electron chi connectivity index (χ0n) is 17.4. The second-order valence-electron chi connectivity index (χ2n) is 7.24. The molecule has 1 unspecified atom stereocenters. The van der Waals surface area contributed by atoms with E-state index in [4.69, 9.17) is 23.2 Å². The second-order valence-corrected chi connectivity index (χ2v) is 8.03. The molecular formula is C24H22Cl2N2O3. The molecule has 160 valence electrons. The molecule has 0 aliphatic carbocycles. The van der Waals surface area contributed by atoms with Crippen molar-refractivity contribution in [3.8, 4) is 11.1 Å². The van der Waals surface area contributed by atoms with Crippen molar-refractivity contribution in [2.45, 2.75) is 26.2 Å². The van der Waals surface area contributed by atoms with Gasteiger partial charge in [-0.25, -0.2) is 4.98 Å². The number of nitrogens with zero attached hydrogens (tertiary/aromatic N) is 2. The van der Waals surface area contributed by atoms with Gasteiger partial charge in [-0.3, -0.25) is 9.59 Å². The van der Waals surface area contributed by atoms with Gasteiger partial charge in [-0.1, -0.05) is 48.3 Å². The number of carbonyl (C=O) groups excluding carboxylic acids is 1. The standard InChI is InChI=1S/C24H22Cl2N2O3/c1-4-16(24(30)31)17-7-5-6-8-21(17)28(3)23(29)15-9-10-20(25)18(12-15)19-13-27-22(26)11-14(19)2/h5-13,16H,4H2,1-3H3,(H,30,31). The van der Waals surface area contributed by atoms with Gasteiger partial charge in [0.2, 0.25) is 0 Å². The van der Waals surface area contributed by atoms with E-state index in [1.54, 1.807) is 61.8 Å². The highest BCUT2D eigenvalue weighted by Gasteiger charge is 2.25. The summed E-state index contributed by atoms with van der Waals surface area (Å²) in [4.78, 5) is 30.6. The molecule has 3 aromatic rings. The summed E-state index contributed by atoms with van der Waals surface area (Å²) in [7, 11) is 1.64. The molecule has 5 nitrogen and oxygen atoms in total. The van der Waals surface area contributed by atoms with E-state index in [9.17, 15) is 14.7 Å². The summed E-state index contributed by atoms with van der Waals surface area (Å²) in [5, 5.41) is 10.5. The van der Waals surface area contributed by atoms with Crippen LogP contribution in [0.25, 0.3) is 11.1 Å². The van der Waals surface area contributed by atoms with E-state index in [1.165, 1.54) is 4.90 Å². The molecule has 3 rings (SSSR count). The molecule has 0 saturated heterocycles. The van der Waals surface area contributed by atoms with Gasteiger partial charge in [-0.05, 0) is 54.8 Å². The normalized spacial score (nSPS) is 11.8. The van der Waals surface area contributed by atoms with E-state index in [0.717, 1.165) is 11.1 Å². The van der Waals surface area contributed by atoms with Crippen LogP contribution >= 0.6 is 23.2 Å². The second kappa shape index (κ2) is 9.50. The zero-order valence-corrected chi connectivity index (χ0v) is 18.9. The Hall–Kier alpha value is -2.89. The van der Waals surface area contributed by atoms with Crippen LogP contribution < -0.4 is 4.90 Å². The molecule has 0 saturated carbocycles. The summed E-state index contributed by atoms with van der Waals surface area (Å²) >= 11 is 12.4. The Kier molecular flexibility index (Phi) is 6.98. The lowest BCUT2D eigenvalue weighted by atomic mass is 9.94. The Morgan fingerprint density at radius 3 is 2.45 bits per heavy atom. The lowest BCUT2D eigenvalue weighted by molar-refractivity contribution is -0.138. The van der Waals surface area contributed by atoms with Crippen molar-refractivity contribution in [2.75, 3.05) is 11.9 Å². The van der Waals surface area contributed by atoms with Crippen LogP contribution in [0.15, 0.2) is 54.7 Å². The smallest absolute Gasteiger partial charge is 0.311 e. The van der Waals surface area contributed by atoms with Crippen LogP contribution in [0.3, 0.4) is 0 Å². The Balaban J connectivity index is 2.02. The maximum Gasteiger partial charge on any atom is 0.311 e. The molecule has 7 heteroatoms. The highest BCUT2D eigenvalue weighted by Crippen LogP contribution is 2.34. The molecular weight excluding hydrogens is 435 g/mol. The lowest BCUT2D eigenvalue weighted by Gasteiger charge is -2.23. The van der Waals surface area contributed by atoms with Gasteiger partial charge in [0.05, 0.1) is 5.92 Å². The van der Waals surface area contributed by atoms with E-state index < -0.39 is 11.9 Å². The number of carboxylic acids is 1. The number of amides is 1.